The lowest BCUT2D eigenvalue weighted by Crippen LogP contribution is -2.30. The highest BCUT2D eigenvalue weighted by atomic mass is 19.3. The summed E-state index contributed by atoms with van der Waals surface area (Å²) in [5, 5.41) is 23.3. The second kappa shape index (κ2) is 14.7. The molecule has 1 aliphatic carbocycles. The number of Topliss-reactive ketones (excluding diaryl/α,β-unsaturated/α-hetero) is 1. The topological polar surface area (TPSA) is 86.6 Å². The van der Waals surface area contributed by atoms with Crippen LogP contribution in [0.25, 0.3) is 0 Å². The number of alkyl halides is 2. The van der Waals surface area contributed by atoms with Crippen LogP contribution < -0.4 is 5.32 Å². The van der Waals surface area contributed by atoms with Crippen molar-refractivity contribution in [1.29, 1.82) is 0 Å². The van der Waals surface area contributed by atoms with E-state index in [0.717, 1.165) is 25.7 Å². The minimum atomic E-state index is -3.31. The van der Waals surface area contributed by atoms with Gasteiger partial charge in [0.25, 0.3) is 0 Å². The van der Waals surface area contributed by atoms with Crippen LogP contribution in [0.15, 0.2) is 12.2 Å². The van der Waals surface area contributed by atoms with E-state index in [4.69, 9.17) is 0 Å². The highest BCUT2D eigenvalue weighted by Gasteiger charge is 2.43. The highest BCUT2D eigenvalue weighted by molar-refractivity contribution is 5.85. The quantitative estimate of drug-likeness (QED) is 0.240. The van der Waals surface area contributed by atoms with Crippen LogP contribution >= 0.6 is 0 Å². The van der Waals surface area contributed by atoms with Gasteiger partial charge in [0.1, 0.15) is 0 Å². The molecular formula is C24H41F2NO4. The van der Waals surface area contributed by atoms with Crippen molar-refractivity contribution >= 4 is 11.7 Å². The second-order valence-corrected chi connectivity index (χ2v) is 8.73. The Kier molecular flexibility index (Phi) is 13.1. The minimum Gasteiger partial charge on any atom is -0.393 e. The Morgan fingerprint density at radius 1 is 1.00 bits per heavy atom. The maximum absolute atomic E-state index is 14.1. The van der Waals surface area contributed by atoms with E-state index in [1.54, 1.807) is 0 Å². The SMILES string of the molecule is CCCCCCC(F)(F)C(=O)CC[C@@H]1[C@@H](C/C=C\CCCC(=O)NCC)[C@@H](O)C[C@H]1O. The first-order valence-corrected chi connectivity index (χ1v) is 11.9. The smallest absolute Gasteiger partial charge is 0.305 e. The van der Waals surface area contributed by atoms with Crippen LogP contribution in [0.1, 0.15) is 90.9 Å². The number of allylic oxidation sites excluding steroid dienone is 2. The molecule has 0 aromatic heterocycles. The molecule has 180 valence electrons. The van der Waals surface area contributed by atoms with Gasteiger partial charge in [0.2, 0.25) is 11.7 Å². The third-order valence-corrected chi connectivity index (χ3v) is 6.20. The normalized spacial score (nSPS) is 24.1. The molecule has 1 fully saturated rings. The van der Waals surface area contributed by atoms with Crippen LogP contribution in [0.5, 0.6) is 0 Å². The molecule has 1 saturated carbocycles. The molecule has 0 spiro atoms. The van der Waals surface area contributed by atoms with E-state index in [0.29, 0.717) is 32.2 Å². The first-order valence-electron chi connectivity index (χ1n) is 11.9. The van der Waals surface area contributed by atoms with Crippen molar-refractivity contribution in [2.45, 2.75) is 109 Å². The number of halogens is 2. The summed E-state index contributed by atoms with van der Waals surface area (Å²) in [7, 11) is 0. The highest BCUT2D eigenvalue weighted by Crippen LogP contribution is 2.39. The average molecular weight is 446 g/mol. The lowest BCUT2D eigenvalue weighted by molar-refractivity contribution is -0.144. The molecule has 0 aliphatic heterocycles. The maximum Gasteiger partial charge on any atom is 0.305 e. The van der Waals surface area contributed by atoms with Crippen molar-refractivity contribution < 1.29 is 28.6 Å². The standard InChI is InChI=1S/C24H41F2NO4/c1-3-5-6-11-16-24(25,26)22(30)15-14-19-18(20(28)17-21(19)29)12-9-7-8-10-13-23(31)27-4-2/h7,9,18-21,28-29H,3-6,8,10-17H2,1-2H3,(H,27,31)/b9-7-/t18-,19-,20+,21-/m1/s1. The molecule has 4 atom stereocenters. The van der Waals surface area contributed by atoms with Crippen molar-refractivity contribution in [3.05, 3.63) is 12.2 Å². The Bertz CT molecular complexity index is 568. The van der Waals surface area contributed by atoms with Crippen LogP contribution in [0.2, 0.25) is 0 Å². The van der Waals surface area contributed by atoms with Crippen molar-refractivity contribution in [3.63, 3.8) is 0 Å². The molecule has 31 heavy (non-hydrogen) atoms. The molecule has 1 aliphatic rings. The molecule has 0 unspecified atom stereocenters. The van der Waals surface area contributed by atoms with E-state index >= 15 is 0 Å². The van der Waals surface area contributed by atoms with E-state index in [1.807, 2.05) is 26.0 Å². The fraction of sp³-hybridized carbons (Fsp3) is 0.833. The van der Waals surface area contributed by atoms with Crippen LogP contribution in [0.4, 0.5) is 8.78 Å². The average Bonchev–Trinajstić information content (AvgIpc) is 2.98. The molecule has 3 N–H and O–H groups in total. The zero-order valence-corrected chi connectivity index (χ0v) is 19.1. The number of hydrogen-bond acceptors (Lipinski definition) is 4. The summed E-state index contributed by atoms with van der Waals surface area (Å²) in [4.78, 5) is 23.5. The second-order valence-electron chi connectivity index (χ2n) is 8.73. The Morgan fingerprint density at radius 2 is 1.71 bits per heavy atom. The van der Waals surface area contributed by atoms with Crippen LogP contribution in [-0.2, 0) is 9.59 Å². The molecule has 0 bridgehead atoms. The van der Waals surface area contributed by atoms with E-state index in [9.17, 15) is 28.6 Å². The van der Waals surface area contributed by atoms with Gasteiger partial charge in [0.05, 0.1) is 12.2 Å². The van der Waals surface area contributed by atoms with Crippen molar-refractivity contribution in [2.24, 2.45) is 11.8 Å². The fourth-order valence-electron chi connectivity index (χ4n) is 4.34. The number of rotatable bonds is 16. The van der Waals surface area contributed by atoms with E-state index in [-0.39, 0.29) is 37.0 Å². The van der Waals surface area contributed by atoms with Gasteiger partial charge in [-0.05, 0) is 57.3 Å². The number of carbonyl (C=O) groups is 2. The van der Waals surface area contributed by atoms with Gasteiger partial charge in [-0.1, -0.05) is 38.3 Å². The molecule has 1 amide bonds. The molecule has 0 heterocycles. The molecule has 0 aromatic rings. The van der Waals surface area contributed by atoms with Gasteiger partial charge in [-0.2, -0.15) is 8.78 Å². The first-order chi connectivity index (χ1) is 14.7. The molecule has 1 rings (SSSR count). The Hall–Kier alpha value is -1.34. The lowest BCUT2D eigenvalue weighted by Gasteiger charge is -2.23. The molecule has 0 aromatic carbocycles. The Morgan fingerprint density at radius 3 is 2.39 bits per heavy atom. The number of ketones is 1. The maximum atomic E-state index is 14.1. The number of nitrogens with one attached hydrogen (secondary N) is 1. The third-order valence-electron chi connectivity index (χ3n) is 6.20. The van der Waals surface area contributed by atoms with Crippen molar-refractivity contribution in [2.75, 3.05) is 6.54 Å². The van der Waals surface area contributed by atoms with Crippen LogP contribution in [0.3, 0.4) is 0 Å². The van der Waals surface area contributed by atoms with E-state index in [2.05, 4.69) is 5.32 Å². The van der Waals surface area contributed by atoms with Gasteiger partial charge in [-0.15, -0.1) is 0 Å². The Labute approximate surface area is 185 Å². The summed E-state index contributed by atoms with van der Waals surface area (Å²) in [6, 6.07) is 0. The minimum absolute atomic E-state index is 0.0251. The van der Waals surface area contributed by atoms with Gasteiger partial charge in [0.15, 0.2) is 0 Å². The number of carbonyl (C=O) groups excluding carboxylic acids is 2. The van der Waals surface area contributed by atoms with Gasteiger partial charge in [-0.25, -0.2) is 0 Å². The van der Waals surface area contributed by atoms with Gasteiger partial charge >= 0.3 is 5.92 Å². The zero-order chi connectivity index (χ0) is 23.3. The van der Waals surface area contributed by atoms with Crippen molar-refractivity contribution in [3.8, 4) is 0 Å². The molecule has 7 heteroatoms. The number of unbranched alkanes of at least 4 members (excludes halogenated alkanes) is 4. The summed E-state index contributed by atoms with van der Waals surface area (Å²) in [5.74, 6) is -4.96. The van der Waals surface area contributed by atoms with Crippen molar-refractivity contribution in [1.82, 2.24) is 5.32 Å². The summed E-state index contributed by atoms with van der Waals surface area (Å²) < 4.78 is 28.2. The zero-order valence-electron chi connectivity index (χ0n) is 19.1. The predicted octanol–water partition coefficient (Wildman–Crippen LogP) is 4.55. The largest absolute Gasteiger partial charge is 0.393 e. The number of aliphatic hydroxyl groups excluding tert-OH is 2. The summed E-state index contributed by atoms with van der Waals surface area (Å²) in [6.45, 7) is 4.49. The summed E-state index contributed by atoms with van der Waals surface area (Å²) in [6.07, 6.45) is 7.38. The van der Waals surface area contributed by atoms with Gasteiger partial charge in [0, 0.05) is 25.8 Å². The molecule has 5 nitrogen and oxygen atoms in total. The number of amides is 1. The molecular weight excluding hydrogens is 404 g/mol. The predicted molar refractivity (Wildman–Crippen MR) is 118 cm³/mol. The number of hydrogen-bond donors (Lipinski definition) is 3. The first kappa shape index (κ1) is 27.7. The number of aliphatic hydroxyl groups is 2. The van der Waals surface area contributed by atoms with Gasteiger partial charge in [-0.3, -0.25) is 9.59 Å². The third kappa shape index (κ3) is 10.2. The van der Waals surface area contributed by atoms with E-state index < -0.39 is 30.3 Å². The summed E-state index contributed by atoms with van der Waals surface area (Å²) in [5.41, 5.74) is 0. The Balaban J connectivity index is 2.45. The van der Waals surface area contributed by atoms with Crippen LogP contribution in [0, 0.1) is 11.8 Å². The molecule has 0 saturated heterocycles. The van der Waals surface area contributed by atoms with E-state index in [1.165, 1.54) is 0 Å². The lowest BCUT2D eigenvalue weighted by atomic mass is 9.85. The van der Waals surface area contributed by atoms with Crippen LogP contribution in [-0.4, -0.2) is 46.6 Å². The molecule has 0 radical (unpaired) electrons. The monoisotopic (exact) mass is 445 g/mol. The summed E-state index contributed by atoms with van der Waals surface area (Å²) >= 11 is 0. The van der Waals surface area contributed by atoms with Gasteiger partial charge < -0.3 is 15.5 Å². The fourth-order valence-corrected chi connectivity index (χ4v) is 4.34.